The van der Waals surface area contributed by atoms with Crippen LogP contribution in [0.5, 0.6) is 5.75 Å². The van der Waals surface area contributed by atoms with E-state index in [2.05, 4.69) is 0 Å². The van der Waals surface area contributed by atoms with E-state index in [1.54, 1.807) is 0 Å². The second-order valence-electron chi connectivity index (χ2n) is 5.28. The topological polar surface area (TPSA) is 196 Å². The first-order chi connectivity index (χ1) is 12.9. The second-order valence-corrected chi connectivity index (χ2v) is 6.98. The standard InChI is InChI=1S/C16H11O11P/c17-13(18)7-1-3-11(9(5-7)15(21)22)27-28(25,26)12-4-2-8(14(19)20)6-10(12)16(23)24/h1-6H,(H,17,18)(H,19,20)(H,21,22)(H,23,24)(H,25,26). The van der Waals surface area contributed by atoms with Crippen molar-refractivity contribution in [2.45, 2.75) is 0 Å². The minimum atomic E-state index is -5.00. The van der Waals surface area contributed by atoms with Crippen LogP contribution in [0.15, 0.2) is 36.4 Å². The van der Waals surface area contributed by atoms with Crippen LogP contribution in [0.4, 0.5) is 0 Å². The van der Waals surface area contributed by atoms with E-state index < -0.39 is 64.8 Å². The van der Waals surface area contributed by atoms with Crippen LogP contribution < -0.4 is 9.83 Å². The Labute approximate surface area is 155 Å². The molecule has 0 radical (unpaired) electrons. The predicted molar refractivity (Wildman–Crippen MR) is 90.8 cm³/mol. The smallest absolute Gasteiger partial charge is 0.409 e. The normalized spacial score (nSPS) is 12.6. The van der Waals surface area contributed by atoms with Gasteiger partial charge in [0, 0.05) is 0 Å². The molecule has 2 aromatic carbocycles. The van der Waals surface area contributed by atoms with Crippen molar-refractivity contribution >= 4 is 36.8 Å². The van der Waals surface area contributed by atoms with Crippen LogP contribution in [0.2, 0.25) is 0 Å². The summed E-state index contributed by atoms with van der Waals surface area (Å²) in [5, 5.41) is 35.4. The van der Waals surface area contributed by atoms with Gasteiger partial charge in [-0.3, -0.25) is 0 Å². The summed E-state index contributed by atoms with van der Waals surface area (Å²) in [7, 11) is -5.00. The van der Waals surface area contributed by atoms with Gasteiger partial charge in [0.05, 0.1) is 22.0 Å². The molecule has 5 N–H and O–H groups in total. The molecule has 0 bridgehead atoms. The zero-order valence-electron chi connectivity index (χ0n) is 13.6. The van der Waals surface area contributed by atoms with Crippen molar-refractivity contribution in [1.82, 2.24) is 0 Å². The molecule has 12 heteroatoms. The summed E-state index contributed by atoms with van der Waals surface area (Å²) in [5.41, 5.74) is -2.45. The first kappa shape index (κ1) is 20.6. The first-order valence-electron chi connectivity index (χ1n) is 7.18. The van der Waals surface area contributed by atoms with Gasteiger partial charge in [-0.2, -0.15) is 0 Å². The third kappa shape index (κ3) is 4.17. The third-order valence-corrected chi connectivity index (χ3v) is 4.90. The van der Waals surface area contributed by atoms with Crippen LogP contribution in [0, 0.1) is 0 Å². The number of carbonyl (C=O) groups is 4. The van der Waals surface area contributed by atoms with Gasteiger partial charge in [0.25, 0.3) is 0 Å². The second kappa shape index (κ2) is 7.51. The van der Waals surface area contributed by atoms with E-state index in [0.717, 1.165) is 24.3 Å². The van der Waals surface area contributed by atoms with Gasteiger partial charge in [0.2, 0.25) is 0 Å². The van der Waals surface area contributed by atoms with Gasteiger partial charge in [0.15, 0.2) is 0 Å². The molecule has 0 amide bonds. The summed E-state index contributed by atoms with van der Waals surface area (Å²) in [6, 6.07) is 4.75. The lowest BCUT2D eigenvalue weighted by Gasteiger charge is -2.17. The van der Waals surface area contributed by atoms with Gasteiger partial charge in [-0.1, -0.05) is 0 Å². The molecule has 0 heterocycles. The molecule has 1 atom stereocenters. The molecule has 0 aliphatic heterocycles. The Bertz CT molecular complexity index is 1060. The van der Waals surface area contributed by atoms with Crippen molar-refractivity contribution < 1.29 is 53.6 Å². The van der Waals surface area contributed by atoms with Crippen LogP contribution in [0.3, 0.4) is 0 Å². The summed E-state index contributed by atoms with van der Waals surface area (Å²) in [6.45, 7) is 0. The Hall–Kier alpha value is -3.69. The lowest BCUT2D eigenvalue weighted by Crippen LogP contribution is -2.20. The largest absolute Gasteiger partial charge is 0.478 e. The van der Waals surface area contributed by atoms with Crippen LogP contribution in [0.1, 0.15) is 41.4 Å². The van der Waals surface area contributed by atoms with Gasteiger partial charge in [-0.25, -0.2) is 23.7 Å². The molecule has 11 nitrogen and oxygen atoms in total. The Morgan fingerprint density at radius 2 is 1.18 bits per heavy atom. The van der Waals surface area contributed by atoms with Crippen LogP contribution in [-0.4, -0.2) is 49.2 Å². The number of aromatic carboxylic acids is 4. The Morgan fingerprint density at radius 1 is 0.714 bits per heavy atom. The number of carboxylic acids is 4. The minimum Gasteiger partial charge on any atom is -0.478 e. The number of benzene rings is 2. The number of rotatable bonds is 7. The van der Waals surface area contributed by atoms with E-state index in [1.165, 1.54) is 0 Å². The maximum absolute atomic E-state index is 12.6. The lowest BCUT2D eigenvalue weighted by molar-refractivity contribution is 0.0675. The molecule has 1 unspecified atom stereocenters. The summed E-state index contributed by atoms with van der Waals surface area (Å²) in [4.78, 5) is 54.8. The SMILES string of the molecule is O=C(O)c1ccc(OP(=O)(O)c2ccc(C(=O)O)cc2C(=O)O)c(C(=O)O)c1. The van der Waals surface area contributed by atoms with Gasteiger partial charge < -0.3 is 29.8 Å². The molecule has 0 spiro atoms. The highest BCUT2D eigenvalue weighted by molar-refractivity contribution is 7.61. The van der Waals surface area contributed by atoms with Crippen LogP contribution in [0.25, 0.3) is 0 Å². The molecule has 0 aromatic heterocycles. The highest BCUT2D eigenvalue weighted by Gasteiger charge is 2.32. The van der Waals surface area contributed by atoms with Crippen LogP contribution >= 0.6 is 7.60 Å². The van der Waals surface area contributed by atoms with Gasteiger partial charge in [0.1, 0.15) is 11.3 Å². The molecule has 2 aromatic rings. The van der Waals surface area contributed by atoms with Crippen molar-refractivity contribution in [2.24, 2.45) is 0 Å². The average molecular weight is 410 g/mol. The van der Waals surface area contributed by atoms with Crippen LogP contribution in [-0.2, 0) is 4.57 Å². The van der Waals surface area contributed by atoms with E-state index >= 15 is 0 Å². The molecule has 0 fully saturated rings. The Morgan fingerprint density at radius 3 is 1.64 bits per heavy atom. The Kier molecular flexibility index (Phi) is 5.53. The number of hydrogen-bond donors (Lipinski definition) is 5. The van der Waals surface area contributed by atoms with Gasteiger partial charge >= 0.3 is 31.5 Å². The maximum atomic E-state index is 12.6. The average Bonchev–Trinajstić information content (AvgIpc) is 2.60. The molecule has 28 heavy (non-hydrogen) atoms. The van der Waals surface area contributed by atoms with E-state index in [1.807, 2.05) is 0 Å². The third-order valence-electron chi connectivity index (χ3n) is 3.46. The van der Waals surface area contributed by atoms with Crippen molar-refractivity contribution in [3.8, 4) is 5.75 Å². The Balaban J connectivity index is 2.57. The van der Waals surface area contributed by atoms with Crippen molar-refractivity contribution in [3.63, 3.8) is 0 Å². The fourth-order valence-corrected chi connectivity index (χ4v) is 3.43. The fraction of sp³-hybridized carbons (Fsp3) is 0. The summed E-state index contributed by atoms with van der Waals surface area (Å²) >= 11 is 0. The zero-order chi connectivity index (χ0) is 21.2. The van der Waals surface area contributed by atoms with Crippen molar-refractivity contribution in [2.75, 3.05) is 0 Å². The number of hydrogen-bond acceptors (Lipinski definition) is 6. The minimum absolute atomic E-state index is 0.422. The van der Waals surface area contributed by atoms with E-state index in [9.17, 15) is 38.8 Å². The highest BCUT2D eigenvalue weighted by Crippen LogP contribution is 2.44. The van der Waals surface area contributed by atoms with E-state index in [-0.39, 0.29) is 0 Å². The van der Waals surface area contributed by atoms with E-state index in [0.29, 0.717) is 12.1 Å². The molecule has 0 saturated heterocycles. The molecule has 2 rings (SSSR count). The van der Waals surface area contributed by atoms with Gasteiger partial charge in [-0.15, -0.1) is 0 Å². The molecule has 0 saturated carbocycles. The van der Waals surface area contributed by atoms with E-state index in [4.69, 9.17) is 14.7 Å². The summed E-state index contributed by atoms with van der Waals surface area (Å²) < 4.78 is 17.4. The van der Waals surface area contributed by atoms with Gasteiger partial charge in [-0.05, 0) is 36.4 Å². The molecule has 146 valence electrons. The molecular formula is C16H11O11P. The van der Waals surface area contributed by atoms with Crippen molar-refractivity contribution in [1.29, 1.82) is 0 Å². The molecule has 0 aliphatic carbocycles. The highest BCUT2D eigenvalue weighted by atomic mass is 31.2. The predicted octanol–water partition coefficient (Wildman–Crippen LogP) is 1.37. The zero-order valence-corrected chi connectivity index (χ0v) is 14.5. The molecule has 0 aliphatic rings. The monoisotopic (exact) mass is 410 g/mol. The van der Waals surface area contributed by atoms with Crippen molar-refractivity contribution in [3.05, 3.63) is 58.7 Å². The lowest BCUT2D eigenvalue weighted by atomic mass is 10.1. The number of carboxylic acid groups (broad SMARTS) is 4. The quantitative estimate of drug-likeness (QED) is 0.413. The summed E-state index contributed by atoms with van der Waals surface area (Å²) in [5.74, 6) is -6.96. The first-order valence-corrected chi connectivity index (χ1v) is 8.76. The summed E-state index contributed by atoms with van der Waals surface area (Å²) in [6.07, 6.45) is 0. The molecular weight excluding hydrogens is 399 g/mol. The maximum Gasteiger partial charge on any atom is 0.409 e. The fourth-order valence-electron chi connectivity index (χ4n) is 2.18.